The van der Waals surface area contributed by atoms with Crippen LogP contribution in [0.1, 0.15) is 18.5 Å². The number of anilines is 1. The van der Waals surface area contributed by atoms with E-state index in [0.29, 0.717) is 6.10 Å². The molecule has 3 heterocycles. The first-order valence-electron chi connectivity index (χ1n) is 5.86. The van der Waals surface area contributed by atoms with Gasteiger partial charge in [0.1, 0.15) is 6.33 Å². The summed E-state index contributed by atoms with van der Waals surface area (Å²) in [4.78, 5) is 0. The van der Waals surface area contributed by atoms with Gasteiger partial charge in [0.15, 0.2) is 0 Å². The number of aromatic nitrogens is 4. The molecular formula is C11H15N5O. The lowest BCUT2D eigenvalue weighted by molar-refractivity contribution is 0.120. The van der Waals surface area contributed by atoms with E-state index in [-0.39, 0.29) is 0 Å². The van der Waals surface area contributed by atoms with Crippen LogP contribution in [0.15, 0.2) is 12.4 Å². The van der Waals surface area contributed by atoms with E-state index in [1.807, 2.05) is 13.0 Å². The molecule has 0 amide bonds. The summed E-state index contributed by atoms with van der Waals surface area (Å²) in [5, 5.41) is 15.6. The maximum atomic E-state index is 5.58. The normalized spacial score (nSPS) is 19.9. The zero-order valence-corrected chi connectivity index (χ0v) is 9.76. The summed E-state index contributed by atoms with van der Waals surface area (Å²) < 4.78 is 7.27. The van der Waals surface area contributed by atoms with Gasteiger partial charge in [-0.15, -0.1) is 10.2 Å². The van der Waals surface area contributed by atoms with E-state index in [1.165, 1.54) is 0 Å². The highest BCUT2D eigenvalue weighted by Gasteiger charge is 2.16. The number of fused-ring (bicyclic) bond motifs is 1. The first-order chi connectivity index (χ1) is 8.33. The minimum absolute atomic E-state index is 0.312. The van der Waals surface area contributed by atoms with E-state index in [0.717, 1.165) is 43.0 Å². The lowest BCUT2D eigenvalue weighted by atomic mass is 10.2. The molecule has 0 radical (unpaired) electrons. The highest BCUT2D eigenvalue weighted by atomic mass is 16.5. The Balaban J connectivity index is 1.81. The van der Waals surface area contributed by atoms with Crippen molar-refractivity contribution >= 4 is 11.3 Å². The Hall–Kier alpha value is -1.69. The second kappa shape index (κ2) is 4.29. The largest absolute Gasteiger partial charge is 0.379 e. The molecule has 0 aliphatic carbocycles. The minimum atomic E-state index is 0.312. The molecule has 0 saturated carbocycles. The van der Waals surface area contributed by atoms with Crippen LogP contribution in [0, 0.1) is 6.92 Å². The van der Waals surface area contributed by atoms with Crippen molar-refractivity contribution < 1.29 is 4.74 Å². The van der Waals surface area contributed by atoms with E-state index in [4.69, 9.17) is 4.74 Å². The Morgan fingerprint density at radius 2 is 2.53 bits per heavy atom. The predicted octanol–water partition coefficient (Wildman–Crippen LogP) is 1.02. The average molecular weight is 233 g/mol. The van der Waals surface area contributed by atoms with Crippen molar-refractivity contribution in [3.63, 3.8) is 0 Å². The third-order valence-electron chi connectivity index (χ3n) is 2.93. The van der Waals surface area contributed by atoms with Crippen LogP contribution in [0.25, 0.3) is 5.65 Å². The third-order valence-corrected chi connectivity index (χ3v) is 2.93. The molecule has 0 bridgehead atoms. The van der Waals surface area contributed by atoms with Gasteiger partial charge in [-0.05, 0) is 25.8 Å². The van der Waals surface area contributed by atoms with Gasteiger partial charge in [0.05, 0.1) is 17.5 Å². The van der Waals surface area contributed by atoms with Gasteiger partial charge in [-0.2, -0.15) is 9.61 Å². The van der Waals surface area contributed by atoms with Crippen molar-refractivity contribution in [2.75, 3.05) is 18.5 Å². The van der Waals surface area contributed by atoms with Crippen LogP contribution in [0.5, 0.6) is 0 Å². The minimum Gasteiger partial charge on any atom is -0.379 e. The molecule has 17 heavy (non-hydrogen) atoms. The quantitative estimate of drug-likeness (QED) is 0.857. The van der Waals surface area contributed by atoms with Crippen LogP contribution in [0.4, 0.5) is 5.69 Å². The maximum absolute atomic E-state index is 5.58. The van der Waals surface area contributed by atoms with Crippen molar-refractivity contribution in [2.24, 2.45) is 0 Å². The monoisotopic (exact) mass is 233 g/mol. The molecule has 2 aromatic rings. The molecule has 3 rings (SSSR count). The zero-order valence-electron chi connectivity index (χ0n) is 9.76. The van der Waals surface area contributed by atoms with Gasteiger partial charge in [0.25, 0.3) is 0 Å². The number of ether oxygens (including phenoxy) is 1. The SMILES string of the molecule is Cc1cc(NC[C@@H]2CCCO2)c2nncn2n1. The second-order valence-electron chi connectivity index (χ2n) is 4.31. The first-order valence-corrected chi connectivity index (χ1v) is 5.86. The van der Waals surface area contributed by atoms with E-state index < -0.39 is 0 Å². The molecule has 0 spiro atoms. The van der Waals surface area contributed by atoms with Crippen molar-refractivity contribution in [1.82, 2.24) is 19.8 Å². The summed E-state index contributed by atoms with van der Waals surface area (Å²) in [6, 6.07) is 1.99. The van der Waals surface area contributed by atoms with Crippen molar-refractivity contribution in [1.29, 1.82) is 0 Å². The lowest BCUT2D eigenvalue weighted by Crippen LogP contribution is -2.19. The Labute approximate surface area is 99.0 Å². The fourth-order valence-electron chi connectivity index (χ4n) is 2.11. The molecule has 90 valence electrons. The fraction of sp³-hybridized carbons (Fsp3) is 0.545. The summed E-state index contributed by atoms with van der Waals surface area (Å²) in [5.41, 5.74) is 2.66. The number of hydrogen-bond donors (Lipinski definition) is 1. The van der Waals surface area contributed by atoms with Gasteiger partial charge in [0.2, 0.25) is 5.65 Å². The molecule has 6 heteroatoms. The van der Waals surface area contributed by atoms with Crippen LogP contribution in [-0.2, 0) is 4.74 Å². The maximum Gasteiger partial charge on any atom is 0.200 e. The lowest BCUT2D eigenvalue weighted by Gasteiger charge is -2.12. The third kappa shape index (κ3) is 2.08. The summed E-state index contributed by atoms with van der Waals surface area (Å²) >= 11 is 0. The smallest absolute Gasteiger partial charge is 0.200 e. The second-order valence-corrected chi connectivity index (χ2v) is 4.31. The molecule has 6 nitrogen and oxygen atoms in total. The molecule has 1 aliphatic heterocycles. The van der Waals surface area contributed by atoms with Gasteiger partial charge < -0.3 is 10.1 Å². The number of nitrogens with one attached hydrogen (secondary N) is 1. The van der Waals surface area contributed by atoms with E-state index in [2.05, 4.69) is 20.6 Å². The van der Waals surface area contributed by atoms with Crippen LogP contribution in [0.2, 0.25) is 0 Å². The van der Waals surface area contributed by atoms with Crippen LogP contribution in [-0.4, -0.2) is 39.1 Å². The Morgan fingerprint density at radius 3 is 3.35 bits per heavy atom. The van der Waals surface area contributed by atoms with Crippen LogP contribution in [0.3, 0.4) is 0 Å². The Kier molecular flexibility index (Phi) is 2.64. The van der Waals surface area contributed by atoms with Crippen molar-refractivity contribution in [3.05, 3.63) is 18.1 Å². The summed E-state index contributed by atoms with van der Waals surface area (Å²) in [6.45, 7) is 3.64. The summed E-state index contributed by atoms with van der Waals surface area (Å²) in [6.07, 6.45) is 4.20. The predicted molar refractivity (Wildman–Crippen MR) is 63.0 cm³/mol. The molecule has 0 aromatic carbocycles. The highest BCUT2D eigenvalue weighted by molar-refractivity contribution is 5.66. The van der Waals surface area contributed by atoms with Crippen LogP contribution < -0.4 is 5.32 Å². The number of rotatable bonds is 3. The summed E-state index contributed by atoms with van der Waals surface area (Å²) in [7, 11) is 0. The van der Waals surface area contributed by atoms with Gasteiger partial charge >= 0.3 is 0 Å². The summed E-state index contributed by atoms with van der Waals surface area (Å²) in [5.74, 6) is 0. The van der Waals surface area contributed by atoms with Crippen LogP contribution >= 0.6 is 0 Å². The van der Waals surface area contributed by atoms with Crippen molar-refractivity contribution in [3.8, 4) is 0 Å². The molecule has 1 saturated heterocycles. The van der Waals surface area contributed by atoms with Gasteiger partial charge in [-0.25, -0.2) is 0 Å². The van der Waals surface area contributed by atoms with E-state index in [1.54, 1.807) is 10.8 Å². The number of nitrogens with zero attached hydrogens (tertiary/aromatic N) is 4. The molecule has 1 N–H and O–H groups in total. The van der Waals surface area contributed by atoms with Crippen molar-refractivity contribution in [2.45, 2.75) is 25.9 Å². The zero-order chi connectivity index (χ0) is 11.7. The van der Waals surface area contributed by atoms with Gasteiger partial charge in [-0.1, -0.05) is 0 Å². The molecule has 1 atom stereocenters. The number of aryl methyl sites for hydroxylation is 1. The Bertz CT molecular complexity index is 518. The molecule has 1 fully saturated rings. The first kappa shape index (κ1) is 10.5. The van der Waals surface area contributed by atoms with Gasteiger partial charge in [-0.3, -0.25) is 0 Å². The van der Waals surface area contributed by atoms with Gasteiger partial charge in [0, 0.05) is 13.2 Å². The van der Waals surface area contributed by atoms with E-state index in [9.17, 15) is 0 Å². The standard InChI is InChI=1S/C11H15N5O/c1-8-5-10(11-14-13-7-16(11)15-8)12-6-9-3-2-4-17-9/h5,7,9,12H,2-4,6H2,1H3/t9-/m0/s1. The fourth-order valence-corrected chi connectivity index (χ4v) is 2.11. The molecule has 0 unspecified atom stereocenters. The van der Waals surface area contributed by atoms with E-state index >= 15 is 0 Å². The average Bonchev–Trinajstić information content (AvgIpc) is 2.95. The molecule has 1 aliphatic rings. The Morgan fingerprint density at radius 1 is 1.59 bits per heavy atom. The molecule has 2 aromatic heterocycles. The topological polar surface area (TPSA) is 64.3 Å². The number of hydrogen-bond acceptors (Lipinski definition) is 5. The molecular weight excluding hydrogens is 218 g/mol. The highest BCUT2D eigenvalue weighted by Crippen LogP contribution is 2.17.